The summed E-state index contributed by atoms with van der Waals surface area (Å²) < 4.78 is 33.5. The molecule has 0 spiro atoms. The first-order valence-electron chi connectivity index (χ1n) is 10.0. The molecule has 0 unspecified atom stereocenters. The molecule has 0 saturated carbocycles. The molecule has 146 valence electrons. The van der Waals surface area contributed by atoms with Crippen molar-refractivity contribution < 1.29 is 13.0 Å². The van der Waals surface area contributed by atoms with E-state index in [1.807, 2.05) is 24.3 Å². The van der Waals surface area contributed by atoms with Gasteiger partial charge in [-0.25, -0.2) is 0 Å². The van der Waals surface area contributed by atoms with Crippen molar-refractivity contribution in [1.29, 1.82) is 0 Å². The van der Waals surface area contributed by atoms with Crippen LogP contribution in [0.3, 0.4) is 0 Å². The number of hydrogen-bond donors (Lipinski definition) is 1. The van der Waals surface area contributed by atoms with Gasteiger partial charge >= 0.3 is 29.6 Å². The average Bonchev–Trinajstić information content (AvgIpc) is 2.62. The van der Waals surface area contributed by atoms with Gasteiger partial charge in [0.1, 0.15) is 4.90 Å². The molecule has 1 N–H and O–H groups in total. The number of hydrogen-bond acceptors (Lipinski definition) is 2. The molecule has 5 heteroatoms. The van der Waals surface area contributed by atoms with Crippen molar-refractivity contribution in [3.63, 3.8) is 0 Å². The molecule has 0 aliphatic rings. The van der Waals surface area contributed by atoms with Crippen LogP contribution in [-0.4, -0.2) is 42.5 Å². The van der Waals surface area contributed by atoms with Crippen molar-refractivity contribution in [2.24, 2.45) is 0 Å². The second-order valence-corrected chi connectivity index (χ2v) is 8.54. The van der Waals surface area contributed by atoms with Crippen LogP contribution >= 0.6 is 0 Å². The predicted molar refractivity (Wildman–Crippen MR) is 116 cm³/mol. The van der Waals surface area contributed by atoms with E-state index in [0.717, 1.165) is 23.8 Å². The van der Waals surface area contributed by atoms with Crippen molar-refractivity contribution in [3.05, 3.63) is 42.0 Å². The molecule has 0 fully saturated rings. The second kappa shape index (κ2) is 12.9. The van der Waals surface area contributed by atoms with Gasteiger partial charge in [0.05, 0.1) is 0 Å². The molecule has 0 aliphatic heterocycles. The standard InChI is InChI=1S/C22H32O3S.Na.H/c1-2-3-4-5-6-7-8-9-10-11-15-20-18-17-19-14-12-13-16-21(19)22(20)26(23,24)25;;/h12-14,16-18H,2-11,15H2,1H3,(H,23,24,25);;. The van der Waals surface area contributed by atoms with E-state index < -0.39 is 10.1 Å². The van der Waals surface area contributed by atoms with Crippen LogP contribution in [0.4, 0.5) is 0 Å². The topological polar surface area (TPSA) is 54.4 Å². The van der Waals surface area contributed by atoms with Gasteiger partial charge in [0.15, 0.2) is 0 Å². The molecule has 27 heavy (non-hydrogen) atoms. The zero-order chi connectivity index (χ0) is 18.8. The summed E-state index contributed by atoms with van der Waals surface area (Å²) >= 11 is 0. The van der Waals surface area contributed by atoms with Gasteiger partial charge in [-0.15, -0.1) is 0 Å². The fourth-order valence-electron chi connectivity index (χ4n) is 3.59. The van der Waals surface area contributed by atoms with E-state index in [1.54, 1.807) is 12.1 Å². The van der Waals surface area contributed by atoms with Crippen molar-refractivity contribution in [2.75, 3.05) is 0 Å². The number of benzene rings is 2. The fourth-order valence-corrected chi connectivity index (χ4v) is 4.56. The molecule has 0 amide bonds. The van der Waals surface area contributed by atoms with Crippen molar-refractivity contribution >= 4 is 50.4 Å². The van der Waals surface area contributed by atoms with Gasteiger partial charge in [0.2, 0.25) is 0 Å². The molecule has 0 bridgehead atoms. The van der Waals surface area contributed by atoms with Gasteiger partial charge in [0, 0.05) is 5.39 Å². The van der Waals surface area contributed by atoms with E-state index in [-0.39, 0.29) is 34.5 Å². The molecule has 0 aliphatic carbocycles. The summed E-state index contributed by atoms with van der Waals surface area (Å²) in [4.78, 5) is 0.0894. The Morgan fingerprint density at radius 1 is 0.778 bits per heavy atom. The first kappa shape index (κ1) is 24.6. The molecular formula is C22H33NaO3S. The third-order valence-electron chi connectivity index (χ3n) is 5.02. The third-order valence-corrected chi connectivity index (χ3v) is 6.02. The van der Waals surface area contributed by atoms with Crippen LogP contribution in [0.2, 0.25) is 0 Å². The summed E-state index contributed by atoms with van der Waals surface area (Å²) in [5.74, 6) is 0. The molecule has 2 aromatic rings. The van der Waals surface area contributed by atoms with E-state index in [2.05, 4.69) is 6.92 Å². The Bertz CT molecular complexity index is 787. The number of unbranched alkanes of at least 4 members (excludes halogenated alkanes) is 9. The monoisotopic (exact) mass is 400 g/mol. The van der Waals surface area contributed by atoms with E-state index >= 15 is 0 Å². The minimum atomic E-state index is -4.22. The number of fused-ring (bicyclic) bond motifs is 1. The molecule has 3 nitrogen and oxygen atoms in total. The van der Waals surface area contributed by atoms with Crippen LogP contribution in [0, 0.1) is 0 Å². The van der Waals surface area contributed by atoms with Gasteiger partial charge in [-0.1, -0.05) is 101 Å². The zero-order valence-electron chi connectivity index (χ0n) is 15.9. The van der Waals surface area contributed by atoms with Crippen LogP contribution in [0.5, 0.6) is 0 Å². The average molecular weight is 401 g/mol. The first-order valence-corrected chi connectivity index (χ1v) is 11.5. The Hall–Kier alpha value is -0.390. The van der Waals surface area contributed by atoms with Gasteiger partial charge in [-0.3, -0.25) is 4.55 Å². The Morgan fingerprint density at radius 2 is 1.33 bits per heavy atom. The van der Waals surface area contributed by atoms with E-state index in [9.17, 15) is 13.0 Å². The first-order chi connectivity index (χ1) is 12.5. The summed E-state index contributed by atoms with van der Waals surface area (Å²) in [5.41, 5.74) is 0.728. The van der Waals surface area contributed by atoms with Crippen LogP contribution in [0.15, 0.2) is 41.3 Å². The Morgan fingerprint density at radius 3 is 1.93 bits per heavy atom. The Labute approximate surface area is 187 Å². The minimum absolute atomic E-state index is 0. The van der Waals surface area contributed by atoms with Crippen LogP contribution in [0.25, 0.3) is 10.8 Å². The molecule has 0 heterocycles. The van der Waals surface area contributed by atoms with Crippen molar-refractivity contribution in [3.8, 4) is 0 Å². The third kappa shape index (κ3) is 8.25. The second-order valence-electron chi connectivity index (χ2n) is 7.18. The van der Waals surface area contributed by atoms with Crippen LogP contribution in [-0.2, 0) is 16.5 Å². The van der Waals surface area contributed by atoms with Crippen LogP contribution < -0.4 is 0 Å². The Kier molecular flexibility index (Phi) is 11.8. The van der Waals surface area contributed by atoms with E-state index in [4.69, 9.17) is 0 Å². The molecule has 2 rings (SSSR count). The molecule has 0 saturated heterocycles. The molecular weight excluding hydrogens is 367 g/mol. The number of rotatable bonds is 12. The van der Waals surface area contributed by atoms with Crippen molar-refractivity contribution in [1.82, 2.24) is 0 Å². The normalized spacial score (nSPS) is 11.5. The maximum atomic E-state index is 11.9. The maximum absolute atomic E-state index is 11.9. The van der Waals surface area contributed by atoms with E-state index in [0.29, 0.717) is 11.8 Å². The Balaban J connectivity index is 0.00000364. The summed E-state index contributed by atoms with van der Waals surface area (Å²) in [6.45, 7) is 2.24. The molecule has 0 atom stereocenters. The van der Waals surface area contributed by atoms with E-state index in [1.165, 1.54) is 51.4 Å². The fraction of sp³-hybridized carbons (Fsp3) is 0.545. The quantitative estimate of drug-likeness (QED) is 0.274. The number of aryl methyl sites for hydroxylation is 1. The summed E-state index contributed by atoms with van der Waals surface area (Å²) in [6, 6.07) is 11.1. The van der Waals surface area contributed by atoms with Gasteiger partial charge in [-0.2, -0.15) is 8.42 Å². The van der Waals surface area contributed by atoms with Crippen molar-refractivity contribution in [2.45, 2.75) is 82.4 Å². The van der Waals surface area contributed by atoms with Crippen LogP contribution in [0.1, 0.15) is 76.7 Å². The predicted octanol–water partition coefficient (Wildman–Crippen LogP) is 5.90. The zero-order valence-corrected chi connectivity index (χ0v) is 16.7. The summed E-state index contributed by atoms with van der Waals surface area (Å²) in [6.07, 6.45) is 13.2. The van der Waals surface area contributed by atoms with Gasteiger partial charge in [-0.05, 0) is 23.8 Å². The molecule has 0 aromatic heterocycles. The van der Waals surface area contributed by atoms with Gasteiger partial charge in [0.25, 0.3) is 10.1 Å². The molecule has 2 aromatic carbocycles. The van der Waals surface area contributed by atoms with Gasteiger partial charge < -0.3 is 0 Å². The molecule has 0 radical (unpaired) electrons. The summed E-state index contributed by atoms with van der Waals surface area (Å²) in [5, 5.41) is 1.45. The SMILES string of the molecule is CCCCCCCCCCCCc1ccc2ccccc2c1S(=O)(=O)O.[NaH]. The summed E-state index contributed by atoms with van der Waals surface area (Å²) in [7, 11) is -4.22.